The Balaban J connectivity index is 2.04. The number of pyridine rings is 1. The molecule has 4 heteroatoms. The molecule has 1 aromatic rings. The Morgan fingerprint density at radius 3 is 2.72 bits per heavy atom. The number of rotatable bonds is 4. The minimum Gasteiger partial charge on any atom is -0.461 e. The predicted molar refractivity (Wildman–Crippen MR) is 68.4 cm³/mol. The fourth-order valence-electron chi connectivity index (χ4n) is 1.80. The summed E-state index contributed by atoms with van der Waals surface area (Å²) >= 11 is 0. The molecule has 0 atom stereocenters. The van der Waals surface area contributed by atoms with Crippen LogP contribution in [0.2, 0.25) is 0 Å². The van der Waals surface area contributed by atoms with Gasteiger partial charge in [-0.1, -0.05) is 0 Å². The van der Waals surface area contributed by atoms with Crippen molar-refractivity contribution >= 4 is 11.7 Å². The maximum Gasteiger partial charge on any atom is 0.372 e. The van der Waals surface area contributed by atoms with Gasteiger partial charge in [0.2, 0.25) is 6.54 Å². The smallest absolute Gasteiger partial charge is 0.372 e. The van der Waals surface area contributed by atoms with Crippen molar-refractivity contribution in [3.8, 4) is 0 Å². The van der Waals surface area contributed by atoms with E-state index >= 15 is 0 Å². The molecule has 4 nitrogen and oxygen atoms in total. The van der Waals surface area contributed by atoms with E-state index in [9.17, 15) is 4.79 Å². The van der Waals surface area contributed by atoms with E-state index in [-0.39, 0.29) is 12.5 Å². The normalized spacial score (nSPS) is 14.1. The second-order valence-electron chi connectivity index (χ2n) is 4.26. The van der Waals surface area contributed by atoms with Crippen LogP contribution in [0.3, 0.4) is 0 Å². The first kappa shape index (κ1) is 12.5. The summed E-state index contributed by atoms with van der Waals surface area (Å²) in [5, 5.41) is 0. The van der Waals surface area contributed by atoms with Crippen LogP contribution in [0.1, 0.15) is 19.4 Å². The van der Waals surface area contributed by atoms with Gasteiger partial charge in [-0.15, -0.1) is 0 Å². The number of carbonyl (C=O) groups excluding carboxylic acids is 1. The maximum atomic E-state index is 11.3. The fourth-order valence-corrected chi connectivity index (χ4v) is 1.80. The van der Waals surface area contributed by atoms with Gasteiger partial charge in [0.15, 0.2) is 12.4 Å². The highest BCUT2D eigenvalue weighted by molar-refractivity contribution is 6.10. The van der Waals surface area contributed by atoms with Gasteiger partial charge in [0, 0.05) is 17.7 Å². The number of hydrogen-bond donors (Lipinski definition) is 0. The van der Waals surface area contributed by atoms with Crippen LogP contribution in [0.15, 0.2) is 41.2 Å². The lowest BCUT2D eigenvalue weighted by atomic mass is 10.1. The van der Waals surface area contributed by atoms with E-state index in [1.807, 2.05) is 24.5 Å². The quantitative estimate of drug-likeness (QED) is 0.592. The first-order valence-electron chi connectivity index (χ1n) is 6.05. The van der Waals surface area contributed by atoms with Gasteiger partial charge in [-0.05, 0) is 25.5 Å². The molecule has 0 saturated carbocycles. The summed E-state index contributed by atoms with van der Waals surface area (Å²) in [6, 6.07) is 3.93. The predicted octanol–water partition coefficient (Wildman–Crippen LogP) is 1.29. The lowest BCUT2D eigenvalue weighted by Crippen LogP contribution is -2.38. The van der Waals surface area contributed by atoms with Crippen LogP contribution >= 0.6 is 0 Å². The molecule has 0 aromatic carbocycles. The molecular weight excluding hydrogens is 228 g/mol. The minimum absolute atomic E-state index is 0.218. The number of aromatic nitrogens is 1. The Morgan fingerprint density at radius 1 is 1.44 bits per heavy atom. The zero-order valence-electron chi connectivity index (χ0n) is 10.7. The van der Waals surface area contributed by atoms with Gasteiger partial charge in [-0.2, -0.15) is 4.57 Å². The Hall–Kier alpha value is -1.97. The lowest BCUT2D eigenvalue weighted by Gasteiger charge is -2.00. The van der Waals surface area contributed by atoms with Gasteiger partial charge >= 0.3 is 5.97 Å². The third-order valence-electron chi connectivity index (χ3n) is 2.69. The summed E-state index contributed by atoms with van der Waals surface area (Å²) in [5.41, 5.74) is 3.36. The SMILES string of the molecule is CCOC(=O)C[n+]1ccc(C2=NCC(C)=C2)cc1. The van der Waals surface area contributed by atoms with Crippen LogP contribution in [-0.2, 0) is 16.1 Å². The topological polar surface area (TPSA) is 42.5 Å². The Kier molecular flexibility index (Phi) is 3.87. The van der Waals surface area contributed by atoms with Crippen LogP contribution in [0, 0.1) is 0 Å². The standard InChI is InChI=1S/C14H17N2O2/c1-3-18-14(17)10-16-6-4-12(5-7-16)13-8-11(2)9-15-13/h4-8H,3,9-10H2,1-2H3/q+1. The fraction of sp³-hybridized carbons (Fsp3) is 0.357. The molecule has 0 unspecified atom stereocenters. The number of ether oxygens (including phenoxy) is 1. The molecule has 0 saturated heterocycles. The molecule has 0 radical (unpaired) electrons. The molecular formula is C14H17N2O2+. The molecule has 1 aliphatic heterocycles. The lowest BCUT2D eigenvalue weighted by molar-refractivity contribution is -0.686. The van der Waals surface area contributed by atoms with Crippen LogP contribution in [0.4, 0.5) is 0 Å². The molecule has 94 valence electrons. The maximum absolute atomic E-state index is 11.3. The monoisotopic (exact) mass is 245 g/mol. The highest BCUT2D eigenvalue weighted by atomic mass is 16.5. The van der Waals surface area contributed by atoms with Crippen molar-refractivity contribution in [2.75, 3.05) is 13.2 Å². The highest BCUT2D eigenvalue weighted by Gasteiger charge is 2.12. The summed E-state index contributed by atoms with van der Waals surface area (Å²) in [6.07, 6.45) is 5.83. The van der Waals surface area contributed by atoms with Gasteiger partial charge in [-0.3, -0.25) is 4.99 Å². The molecule has 2 heterocycles. The van der Waals surface area contributed by atoms with Crippen molar-refractivity contribution in [3.05, 3.63) is 41.7 Å². The van der Waals surface area contributed by atoms with Gasteiger partial charge in [0.05, 0.1) is 18.9 Å². The highest BCUT2D eigenvalue weighted by Crippen LogP contribution is 2.10. The van der Waals surface area contributed by atoms with Crippen LogP contribution < -0.4 is 4.57 Å². The second-order valence-corrected chi connectivity index (χ2v) is 4.26. The van der Waals surface area contributed by atoms with Crippen molar-refractivity contribution in [2.24, 2.45) is 4.99 Å². The summed E-state index contributed by atoms with van der Waals surface area (Å²) < 4.78 is 6.70. The van der Waals surface area contributed by atoms with Crippen LogP contribution in [0.25, 0.3) is 0 Å². The van der Waals surface area contributed by atoms with Crippen molar-refractivity contribution in [1.82, 2.24) is 0 Å². The number of hydrogen-bond acceptors (Lipinski definition) is 3. The van der Waals surface area contributed by atoms with E-state index in [0.29, 0.717) is 6.61 Å². The average Bonchev–Trinajstić information content (AvgIpc) is 2.77. The second kappa shape index (κ2) is 5.58. The number of carbonyl (C=O) groups is 1. The van der Waals surface area contributed by atoms with E-state index in [4.69, 9.17) is 4.74 Å². The average molecular weight is 245 g/mol. The Morgan fingerprint density at radius 2 is 2.17 bits per heavy atom. The van der Waals surface area contributed by atoms with Crippen molar-refractivity contribution in [1.29, 1.82) is 0 Å². The van der Waals surface area contributed by atoms with Crippen molar-refractivity contribution in [3.63, 3.8) is 0 Å². The Labute approximate surface area is 107 Å². The van der Waals surface area contributed by atoms with E-state index in [1.165, 1.54) is 5.57 Å². The largest absolute Gasteiger partial charge is 0.461 e. The van der Waals surface area contributed by atoms with E-state index < -0.39 is 0 Å². The number of aliphatic imine (C=N–C) groups is 1. The van der Waals surface area contributed by atoms with Gasteiger partial charge in [0.1, 0.15) is 0 Å². The minimum atomic E-state index is -0.218. The summed E-state index contributed by atoms with van der Waals surface area (Å²) in [7, 11) is 0. The zero-order chi connectivity index (χ0) is 13.0. The van der Waals surface area contributed by atoms with E-state index in [0.717, 1.165) is 17.8 Å². The molecule has 1 aliphatic rings. The first-order valence-corrected chi connectivity index (χ1v) is 6.05. The number of allylic oxidation sites excluding steroid dienone is 1. The third kappa shape index (κ3) is 3.03. The summed E-state index contributed by atoms with van der Waals surface area (Å²) in [6.45, 7) is 5.32. The van der Waals surface area contributed by atoms with Crippen molar-refractivity contribution < 1.29 is 14.1 Å². The Bertz CT molecular complexity index is 501. The van der Waals surface area contributed by atoms with Gasteiger partial charge < -0.3 is 4.74 Å². The number of nitrogens with zero attached hydrogens (tertiary/aromatic N) is 2. The zero-order valence-corrected chi connectivity index (χ0v) is 10.7. The van der Waals surface area contributed by atoms with Crippen LogP contribution in [0.5, 0.6) is 0 Å². The summed E-state index contributed by atoms with van der Waals surface area (Å²) in [4.78, 5) is 15.8. The molecule has 0 aliphatic carbocycles. The molecule has 18 heavy (non-hydrogen) atoms. The molecule has 0 fully saturated rings. The molecule has 0 amide bonds. The molecule has 1 aromatic heterocycles. The molecule has 0 bridgehead atoms. The molecule has 0 N–H and O–H groups in total. The van der Waals surface area contributed by atoms with E-state index in [2.05, 4.69) is 18.0 Å². The first-order chi connectivity index (χ1) is 8.69. The van der Waals surface area contributed by atoms with E-state index in [1.54, 1.807) is 11.5 Å². The van der Waals surface area contributed by atoms with Crippen LogP contribution in [-0.4, -0.2) is 24.8 Å². The summed E-state index contributed by atoms with van der Waals surface area (Å²) in [5.74, 6) is -0.218. The number of esters is 1. The third-order valence-corrected chi connectivity index (χ3v) is 2.69. The van der Waals surface area contributed by atoms with Gasteiger partial charge in [0.25, 0.3) is 0 Å². The van der Waals surface area contributed by atoms with Crippen molar-refractivity contribution in [2.45, 2.75) is 20.4 Å². The molecule has 0 spiro atoms. The molecule has 2 rings (SSSR count). The van der Waals surface area contributed by atoms with Gasteiger partial charge in [-0.25, -0.2) is 4.79 Å².